The summed E-state index contributed by atoms with van der Waals surface area (Å²) < 4.78 is 14.7. The van der Waals surface area contributed by atoms with Crippen LogP contribution in [0.2, 0.25) is 0 Å². The first-order chi connectivity index (χ1) is 14.9. The van der Waals surface area contributed by atoms with Crippen LogP contribution in [-0.2, 0) is 13.0 Å². The Hall–Kier alpha value is -2.72. The summed E-state index contributed by atoms with van der Waals surface area (Å²) in [5, 5.41) is 20.4. The molecule has 0 saturated heterocycles. The predicted octanol–water partition coefficient (Wildman–Crippen LogP) is 3.49. The van der Waals surface area contributed by atoms with Crippen molar-refractivity contribution in [3.8, 4) is 11.8 Å². The highest BCUT2D eigenvalue weighted by Crippen LogP contribution is 2.21. The van der Waals surface area contributed by atoms with Crippen LogP contribution < -0.4 is 11.1 Å². The lowest BCUT2D eigenvalue weighted by Gasteiger charge is -2.21. The molecule has 32 heavy (non-hydrogen) atoms. The third kappa shape index (κ3) is 6.17. The number of nitrogen functional groups attached to an aromatic ring is 1. The van der Waals surface area contributed by atoms with Crippen molar-refractivity contribution in [3.05, 3.63) is 57.4 Å². The summed E-state index contributed by atoms with van der Waals surface area (Å²) in [6.45, 7) is 3.31. The number of guanidine groups is 1. The standard InChI is InChI=1S/C21H25FN8S.HI/c1-14-27-16(13-31-14)12-29(3)21(25-2)26-10-4-5-19-18(11-23)20(24)30(28-19)17-8-6-15(22)7-9-17;/h6-9,13H,4-5,10,12,24H2,1-3H3,(H,25,26);1H. The summed E-state index contributed by atoms with van der Waals surface area (Å²) in [4.78, 5) is 10.8. The minimum Gasteiger partial charge on any atom is -0.382 e. The Kier molecular flexibility index (Phi) is 9.40. The molecule has 2 heterocycles. The van der Waals surface area contributed by atoms with Crippen LogP contribution in [0.4, 0.5) is 10.2 Å². The molecule has 0 aliphatic rings. The molecule has 0 spiro atoms. The van der Waals surface area contributed by atoms with Gasteiger partial charge in [0.15, 0.2) is 5.96 Å². The highest BCUT2D eigenvalue weighted by atomic mass is 127. The fraction of sp³-hybridized carbons (Fsp3) is 0.333. The topological polar surface area (TPSA) is 108 Å². The maximum atomic E-state index is 13.2. The molecule has 2 aromatic heterocycles. The molecule has 0 radical (unpaired) electrons. The van der Waals surface area contributed by atoms with Gasteiger partial charge in [0, 0.05) is 26.0 Å². The van der Waals surface area contributed by atoms with E-state index >= 15 is 0 Å². The highest BCUT2D eigenvalue weighted by Gasteiger charge is 2.16. The molecule has 8 nitrogen and oxygen atoms in total. The molecule has 1 aromatic carbocycles. The van der Waals surface area contributed by atoms with Crippen LogP contribution in [-0.4, -0.2) is 46.3 Å². The molecule has 0 saturated carbocycles. The van der Waals surface area contributed by atoms with Crippen molar-refractivity contribution in [1.29, 1.82) is 5.26 Å². The summed E-state index contributed by atoms with van der Waals surface area (Å²) in [5.41, 5.74) is 8.70. The summed E-state index contributed by atoms with van der Waals surface area (Å²) >= 11 is 1.63. The van der Waals surface area contributed by atoms with Crippen molar-refractivity contribution in [3.63, 3.8) is 0 Å². The number of aryl methyl sites for hydroxylation is 2. The van der Waals surface area contributed by atoms with E-state index in [9.17, 15) is 9.65 Å². The van der Waals surface area contributed by atoms with E-state index < -0.39 is 0 Å². The molecule has 0 atom stereocenters. The van der Waals surface area contributed by atoms with Crippen LogP contribution in [0.3, 0.4) is 0 Å². The molecule has 3 aromatic rings. The Bertz CT molecular complexity index is 1100. The predicted molar refractivity (Wildman–Crippen MR) is 136 cm³/mol. The highest BCUT2D eigenvalue weighted by molar-refractivity contribution is 14.0. The average Bonchev–Trinajstić information content (AvgIpc) is 3.30. The summed E-state index contributed by atoms with van der Waals surface area (Å²) in [7, 11) is 3.70. The van der Waals surface area contributed by atoms with E-state index in [0.717, 1.165) is 23.1 Å². The lowest BCUT2D eigenvalue weighted by atomic mass is 10.1. The first kappa shape index (κ1) is 25.5. The van der Waals surface area contributed by atoms with Crippen LogP contribution in [0, 0.1) is 24.1 Å². The zero-order chi connectivity index (χ0) is 22.4. The molecular formula is C21H26FIN8S. The number of hydrogen-bond acceptors (Lipinski definition) is 6. The molecule has 170 valence electrons. The zero-order valence-corrected chi connectivity index (χ0v) is 21.3. The van der Waals surface area contributed by atoms with Crippen LogP contribution in [0.5, 0.6) is 0 Å². The van der Waals surface area contributed by atoms with Gasteiger partial charge in [0.2, 0.25) is 0 Å². The van der Waals surface area contributed by atoms with Gasteiger partial charge >= 0.3 is 0 Å². The lowest BCUT2D eigenvalue weighted by Crippen LogP contribution is -2.39. The number of anilines is 1. The SMILES string of the molecule is CN=C(NCCCc1nn(-c2ccc(F)cc2)c(N)c1C#N)N(C)Cc1csc(C)n1.I. The van der Waals surface area contributed by atoms with Gasteiger partial charge in [-0.2, -0.15) is 10.4 Å². The van der Waals surface area contributed by atoms with Crippen molar-refractivity contribution in [2.24, 2.45) is 4.99 Å². The largest absolute Gasteiger partial charge is 0.382 e. The molecule has 0 bridgehead atoms. The minimum absolute atomic E-state index is 0. The van der Waals surface area contributed by atoms with E-state index in [1.807, 2.05) is 24.3 Å². The smallest absolute Gasteiger partial charge is 0.193 e. The van der Waals surface area contributed by atoms with Gasteiger partial charge < -0.3 is 16.0 Å². The number of nitrogens with zero attached hydrogens (tertiary/aromatic N) is 6. The maximum Gasteiger partial charge on any atom is 0.193 e. The van der Waals surface area contributed by atoms with Crippen LogP contribution >= 0.6 is 35.3 Å². The number of hydrogen-bond donors (Lipinski definition) is 2. The number of aromatic nitrogens is 3. The third-order valence-corrected chi connectivity index (χ3v) is 5.51. The molecule has 0 fully saturated rings. The molecule has 0 amide bonds. The second-order valence-electron chi connectivity index (χ2n) is 7.00. The van der Waals surface area contributed by atoms with E-state index in [-0.39, 0.29) is 35.6 Å². The Morgan fingerprint density at radius 2 is 2.09 bits per heavy atom. The minimum atomic E-state index is -0.343. The lowest BCUT2D eigenvalue weighted by molar-refractivity contribution is 0.470. The number of rotatable bonds is 7. The van der Waals surface area contributed by atoms with Gasteiger partial charge in [-0.3, -0.25) is 4.99 Å². The fourth-order valence-corrected chi connectivity index (χ4v) is 3.80. The summed E-state index contributed by atoms with van der Waals surface area (Å²) in [6, 6.07) is 7.96. The van der Waals surface area contributed by atoms with E-state index in [1.54, 1.807) is 30.5 Å². The van der Waals surface area contributed by atoms with E-state index in [4.69, 9.17) is 5.73 Å². The van der Waals surface area contributed by atoms with Crippen LogP contribution in [0.1, 0.15) is 28.4 Å². The second-order valence-corrected chi connectivity index (χ2v) is 8.06. The van der Waals surface area contributed by atoms with Crippen molar-refractivity contribution >= 4 is 47.1 Å². The number of nitriles is 1. The van der Waals surface area contributed by atoms with Gasteiger partial charge in [0.05, 0.1) is 28.6 Å². The first-order valence-electron chi connectivity index (χ1n) is 9.79. The molecule has 0 unspecified atom stereocenters. The zero-order valence-electron chi connectivity index (χ0n) is 18.2. The Morgan fingerprint density at radius 3 is 2.69 bits per heavy atom. The number of benzene rings is 1. The van der Waals surface area contributed by atoms with E-state index in [2.05, 4.69) is 26.5 Å². The van der Waals surface area contributed by atoms with Crippen molar-refractivity contribution in [1.82, 2.24) is 25.0 Å². The molecule has 0 aliphatic carbocycles. The molecule has 11 heteroatoms. The summed E-state index contributed by atoms with van der Waals surface area (Å²) in [6.07, 6.45) is 1.30. The molecule has 3 rings (SSSR count). The number of halogens is 2. The second kappa shape index (κ2) is 11.8. The normalized spacial score (nSPS) is 11.0. The van der Waals surface area contributed by atoms with Gasteiger partial charge in [-0.05, 0) is 44.0 Å². The van der Waals surface area contributed by atoms with Gasteiger partial charge in [0.1, 0.15) is 23.3 Å². The number of aliphatic imine (C=N–C) groups is 1. The van der Waals surface area contributed by atoms with Gasteiger partial charge in [-0.25, -0.2) is 14.1 Å². The summed E-state index contributed by atoms with van der Waals surface area (Å²) in [5.74, 6) is 0.679. The quantitative estimate of drug-likeness (QED) is 0.196. The van der Waals surface area contributed by atoms with Crippen molar-refractivity contribution < 1.29 is 4.39 Å². The number of thiazole rings is 1. The first-order valence-corrected chi connectivity index (χ1v) is 10.7. The van der Waals surface area contributed by atoms with Gasteiger partial charge in [-0.15, -0.1) is 35.3 Å². The van der Waals surface area contributed by atoms with Gasteiger partial charge in [0.25, 0.3) is 0 Å². The van der Waals surface area contributed by atoms with Crippen molar-refractivity contribution in [2.45, 2.75) is 26.3 Å². The van der Waals surface area contributed by atoms with Crippen LogP contribution in [0.15, 0.2) is 34.6 Å². The average molecular weight is 568 g/mol. The number of nitrogens with one attached hydrogen (secondary N) is 1. The monoisotopic (exact) mass is 568 g/mol. The Balaban J connectivity index is 0.00000363. The van der Waals surface area contributed by atoms with Crippen molar-refractivity contribution in [2.75, 3.05) is 26.4 Å². The molecule has 3 N–H and O–H groups in total. The van der Waals surface area contributed by atoms with Gasteiger partial charge in [-0.1, -0.05) is 0 Å². The fourth-order valence-electron chi connectivity index (χ4n) is 3.19. The molecule has 0 aliphatic heterocycles. The maximum absolute atomic E-state index is 13.2. The van der Waals surface area contributed by atoms with Crippen LogP contribution in [0.25, 0.3) is 5.69 Å². The Labute approximate surface area is 208 Å². The van der Waals surface area contributed by atoms with E-state index in [1.165, 1.54) is 16.8 Å². The number of nitrogens with two attached hydrogens (primary N) is 1. The third-order valence-electron chi connectivity index (χ3n) is 4.69. The Morgan fingerprint density at radius 1 is 1.38 bits per heavy atom. The molecular weight excluding hydrogens is 542 g/mol. The van der Waals surface area contributed by atoms with E-state index in [0.29, 0.717) is 36.5 Å².